The fraction of sp³-hybridized carbons (Fsp3) is 0.500. The second kappa shape index (κ2) is 5.54. The van der Waals surface area contributed by atoms with E-state index in [1.807, 2.05) is 0 Å². The Labute approximate surface area is 119 Å². The highest BCUT2D eigenvalue weighted by Gasteiger charge is 2.26. The smallest absolute Gasteiger partial charge is 0.253 e. The molecule has 1 heterocycles. The van der Waals surface area contributed by atoms with E-state index in [-0.39, 0.29) is 10.8 Å². The SMILES string of the molecule is CCC1CCN(C(=O)c2cc(C)cc(S(N)(=O)=O)c2)C1. The first-order valence-corrected chi connectivity index (χ1v) is 8.29. The number of hydrogen-bond donors (Lipinski definition) is 1. The Morgan fingerprint density at radius 3 is 2.65 bits per heavy atom. The van der Waals surface area contributed by atoms with Gasteiger partial charge in [-0.1, -0.05) is 13.3 Å². The first-order valence-electron chi connectivity index (χ1n) is 6.75. The van der Waals surface area contributed by atoms with Gasteiger partial charge in [-0.15, -0.1) is 0 Å². The fourth-order valence-corrected chi connectivity index (χ4v) is 3.21. The zero-order valence-electron chi connectivity index (χ0n) is 11.8. The number of carbonyl (C=O) groups is 1. The van der Waals surface area contributed by atoms with E-state index in [9.17, 15) is 13.2 Å². The molecular formula is C14H20N2O3S. The van der Waals surface area contributed by atoms with Crippen molar-refractivity contribution in [1.82, 2.24) is 4.90 Å². The number of aryl methyl sites for hydroxylation is 1. The molecule has 0 aromatic heterocycles. The van der Waals surface area contributed by atoms with Crippen molar-refractivity contribution in [3.8, 4) is 0 Å². The molecule has 1 aromatic carbocycles. The van der Waals surface area contributed by atoms with E-state index in [2.05, 4.69) is 6.92 Å². The molecule has 1 atom stereocenters. The average molecular weight is 296 g/mol. The summed E-state index contributed by atoms with van der Waals surface area (Å²) in [4.78, 5) is 14.2. The van der Waals surface area contributed by atoms with Gasteiger partial charge in [-0.25, -0.2) is 13.6 Å². The van der Waals surface area contributed by atoms with Crippen molar-refractivity contribution in [2.24, 2.45) is 11.1 Å². The maximum absolute atomic E-state index is 12.4. The van der Waals surface area contributed by atoms with Crippen LogP contribution in [0.15, 0.2) is 23.1 Å². The Kier molecular flexibility index (Phi) is 4.15. The normalized spacial score (nSPS) is 19.4. The summed E-state index contributed by atoms with van der Waals surface area (Å²) >= 11 is 0. The highest BCUT2D eigenvalue weighted by molar-refractivity contribution is 7.89. The van der Waals surface area contributed by atoms with Crippen LogP contribution in [0.5, 0.6) is 0 Å². The van der Waals surface area contributed by atoms with Gasteiger partial charge in [-0.05, 0) is 43.0 Å². The molecule has 1 fully saturated rings. The predicted octanol–water partition coefficient (Wildman–Crippen LogP) is 1.51. The highest BCUT2D eigenvalue weighted by Crippen LogP contribution is 2.22. The van der Waals surface area contributed by atoms with Gasteiger partial charge in [0.05, 0.1) is 4.90 Å². The van der Waals surface area contributed by atoms with Crippen LogP contribution >= 0.6 is 0 Å². The number of nitrogens with zero attached hydrogens (tertiary/aromatic N) is 1. The zero-order valence-corrected chi connectivity index (χ0v) is 12.6. The van der Waals surface area contributed by atoms with Crippen LogP contribution < -0.4 is 5.14 Å². The third kappa shape index (κ3) is 3.19. The molecule has 1 aromatic rings. The van der Waals surface area contributed by atoms with Crippen molar-refractivity contribution < 1.29 is 13.2 Å². The first kappa shape index (κ1) is 15.0. The Balaban J connectivity index is 2.29. The van der Waals surface area contributed by atoms with E-state index in [1.165, 1.54) is 12.1 Å². The van der Waals surface area contributed by atoms with Gasteiger partial charge >= 0.3 is 0 Å². The lowest BCUT2D eigenvalue weighted by Crippen LogP contribution is -2.29. The second-order valence-corrected chi connectivity index (χ2v) is 6.96. The van der Waals surface area contributed by atoms with Crippen LogP contribution in [0.4, 0.5) is 0 Å². The number of hydrogen-bond acceptors (Lipinski definition) is 3. The van der Waals surface area contributed by atoms with Gasteiger partial charge in [0.1, 0.15) is 0 Å². The third-order valence-electron chi connectivity index (χ3n) is 3.78. The molecule has 1 amide bonds. The van der Waals surface area contributed by atoms with Crippen LogP contribution in [-0.4, -0.2) is 32.3 Å². The summed E-state index contributed by atoms with van der Waals surface area (Å²) in [5.41, 5.74) is 1.11. The first-order chi connectivity index (χ1) is 9.31. The van der Waals surface area contributed by atoms with Crippen molar-refractivity contribution in [2.45, 2.75) is 31.6 Å². The Morgan fingerprint density at radius 1 is 1.40 bits per heavy atom. The topological polar surface area (TPSA) is 80.5 Å². The zero-order chi connectivity index (χ0) is 14.9. The van der Waals surface area contributed by atoms with Crippen LogP contribution in [0, 0.1) is 12.8 Å². The number of benzene rings is 1. The van der Waals surface area contributed by atoms with Crippen molar-refractivity contribution in [3.05, 3.63) is 29.3 Å². The number of primary sulfonamides is 1. The summed E-state index contributed by atoms with van der Waals surface area (Å²) < 4.78 is 22.9. The van der Waals surface area contributed by atoms with Crippen molar-refractivity contribution in [2.75, 3.05) is 13.1 Å². The second-order valence-electron chi connectivity index (χ2n) is 5.39. The molecule has 0 radical (unpaired) electrons. The van der Waals surface area contributed by atoms with E-state index >= 15 is 0 Å². The molecule has 110 valence electrons. The number of rotatable bonds is 3. The monoisotopic (exact) mass is 296 g/mol. The molecule has 1 aliphatic rings. The van der Waals surface area contributed by atoms with E-state index in [0.29, 0.717) is 17.0 Å². The van der Waals surface area contributed by atoms with Gasteiger partial charge in [-0.3, -0.25) is 4.79 Å². The summed E-state index contributed by atoms with van der Waals surface area (Å²) in [7, 11) is -3.79. The molecule has 1 aliphatic heterocycles. The lowest BCUT2D eigenvalue weighted by atomic mass is 10.1. The summed E-state index contributed by atoms with van der Waals surface area (Å²) in [5.74, 6) is 0.427. The lowest BCUT2D eigenvalue weighted by molar-refractivity contribution is 0.0786. The summed E-state index contributed by atoms with van der Waals surface area (Å²) in [6.07, 6.45) is 2.07. The van der Waals surface area contributed by atoms with E-state index in [1.54, 1.807) is 17.9 Å². The molecule has 20 heavy (non-hydrogen) atoms. The van der Waals surface area contributed by atoms with E-state index < -0.39 is 10.0 Å². The Hall–Kier alpha value is -1.40. The predicted molar refractivity (Wildman–Crippen MR) is 76.9 cm³/mol. The number of sulfonamides is 1. The molecule has 6 heteroatoms. The molecule has 1 saturated heterocycles. The lowest BCUT2D eigenvalue weighted by Gasteiger charge is -2.17. The maximum atomic E-state index is 12.4. The highest BCUT2D eigenvalue weighted by atomic mass is 32.2. The van der Waals surface area contributed by atoms with Crippen molar-refractivity contribution >= 4 is 15.9 Å². The van der Waals surface area contributed by atoms with Crippen LogP contribution in [-0.2, 0) is 10.0 Å². The molecule has 0 aliphatic carbocycles. The Morgan fingerprint density at radius 2 is 2.10 bits per heavy atom. The molecule has 0 saturated carbocycles. The van der Waals surface area contributed by atoms with Gasteiger partial charge in [-0.2, -0.15) is 0 Å². The standard InChI is InChI=1S/C14H20N2O3S/c1-3-11-4-5-16(9-11)14(17)12-6-10(2)7-13(8-12)20(15,18)19/h6-8,11H,3-5,9H2,1-2H3,(H2,15,18,19). The van der Waals surface area contributed by atoms with E-state index in [0.717, 1.165) is 25.9 Å². The van der Waals surface area contributed by atoms with Crippen molar-refractivity contribution in [3.63, 3.8) is 0 Å². The van der Waals surface area contributed by atoms with Crippen LogP contribution in [0.1, 0.15) is 35.7 Å². The minimum absolute atomic E-state index is 0.00733. The summed E-state index contributed by atoms with van der Waals surface area (Å²) in [5, 5.41) is 5.14. The summed E-state index contributed by atoms with van der Waals surface area (Å²) in [6.45, 7) is 5.35. The molecule has 0 spiro atoms. The minimum atomic E-state index is -3.79. The third-order valence-corrected chi connectivity index (χ3v) is 4.67. The van der Waals surface area contributed by atoms with Gasteiger partial charge in [0.15, 0.2) is 0 Å². The van der Waals surface area contributed by atoms with Gasteiger partial charge in [0, 0.05) is 18.7 Å². The van der Waals surface area contributed by atoms with Gasteiger partial charge in [0.25, 0.3) is 5.91 Å². The molecule has 2 N–H and O–H groups in total. The van der Waals surface area contributed by atoms with Gasteiger partial charge < -0.3 is 4.90 Å². The van der Waals surface area contributed by atoms with Crippen molar-refractivity contribution in [1.29, 1.82) is 0 Å². The minimum Gasteiger partial charge on any atom is -0.338 e. The molecule has 5 nitrogen and oxygen atoms in total. The molecule has 1 unspecified atom stereocenters. The maximum Gasteiger partial charge on any atom is 0.253 e. The fourth-order valence-electron chi connectivity index (χ4n) is 2.57. The quantitative estimate of drug-likeness (QED) is 0.918. The molecule has 2 rings (SSSR count). The largest absolute Gasteiger partial charge is 0.338 e. The number of amides is 1. The van der Waals surface area contributed by atoms with Gasteiger partial charge in [0.2, 0.25) is 10.0 Å². The number of carbonyl (C=O) groups excluding carboxylic acids is 1. The van der Waals surface area contributed by atoms with Crippen LogP contribution in [0.25, 0.3) is 0 Å². The van der Waals surface area contributed by atoms with Crippen LogP contribution in [0.2, 0.25) is 0 Å². The summed E-state index contributed by atoms with van der Waals surface area (Å²) in [6, 6.07) is 4.55. The molecule has 0 bridgehead atoms. The Bertz CT molecular complexity index is 625. The van der Waals surface area contributed by atoms with Crippen LogP contribution in [0.3, 0.4) is 0 Å². The van der Waals surface area contributed by atoms with E-state index in [4.69, 9.17) is 5.14 Å². The number of likely N-dealkylation sites (tertiary alicyclic amines) is 1. The molecular weight excluding hydrogens is 276 g/mol. The number of nitrogens with two attached hydrogens (primary N) is 1. The average Bonchev–Trinajstić information content (AvgIpc) is 2.84.